The number of rotatable bonds is 6. The second-order valence-electron chi connectivity index (χ2n) is 8.00. The van der Waals surface area contributed by atoms with Crippen LogP contribution < -0.4 is 4.74 Å². The lowest BCUT2D eigenvalue weighted by atomic mass is 9.92. The molecule has 1 aliphatic rings. The lowest BCUT2D eigenvalue weighted by Gasteiger charge is -2.23. The van der Waals surface area contributed by atoms with E-state index in [4.69, 9.17) is 21.3 Å². The molecule has 0 aliphatic carbocycles. The average molecular weight is 437 g/mol. The molecular formula is C24H25ClN4O2. The van der Waals surface area contributed by atoms with E-state index in [2.05, 4.69) is 10.2 Å². The molecule has 7 heteroatoms. The zero-order valence-corrected chi connectivity index (χ0v) is 18.9. The number of hydrogen-bond donors (Lipinski definition) is 0. The third-order valence-electron chi connectivity index (χ3n) is 5.55. The van der Waals surface area contributed by atoms with Crippen LogP contribution in [0.2, 0.25) is 5.02 Å². The number of aryl methyl sites for hydroxylation is 1. The van der Waals surface area contributed by atoms with Gasteiger partial charge in [0.15, 0.2) is 5.82 Å². The quantitative estimate of drug-likeness (QED) is 0.541. The molecule has 0 amide bonds. The molecule has 1 unspecified atom stereocenters. The molecule has 1 atom stereocenters. The highest BCUT2D eigenvalue weighted by atomic mass is 35.5. The van der Waals surface area contributed by atoms with Gasteiger partial charge in [-0.2, -0.15) is 0 Å². The number of aliphatic imine (C=N–C) groups is 1. The minimum Gasteiger partial charge on any atom is -0.497 e. The predicted molar refractivity (Wildman–Crippen MR) is 122 cm³/mol. The van der Waals surface area contributed by atoms with E-state index >= 15 is 0 Å². The first-order valence-corrected chi connectivity index (χ1v) is 10.7. The first kappa shape index (κ1) is 21.2. The highest BCUT2D eigenvalue weighted by molar-refractivity contribution is 6.30. The Morgan fingerprint density at radius 1 is 1.16 bits per heavy atom. The summed E-state index contributed by atoms with van der Waals surface area (Å²) in [4.78, 5) is 17.9. The molecule has 0 N–H and O–H groups in total. The first-order chi connectivity index (χ1) is 14.9. The van der Waals surface area contributed by atoms with Crippen molar-refractivity contribution in [2.75, 3.05) is 7.11 Å². The van der Waals surface area contributed by atoms with Crippen molar-refractivity contribution in [3.05, 3.63) is 70.3 Å². The molecule has 2 heterocycles. The molecule has 2 aromatic carbocycles. The van der Waals surface area contributed by atoms with Gasteiger partial charge in [0, 0.05) is 29.0 Å². The second kappa shape index (κ2) is 8.27. The number of Topliss-reactive ketones (excluding diaryl/α,β-unsaturated/α-hetero) is 1. The molecule has 6 nitrogen and oxygen atoms in total. The van der Waals surface area contributed by atoms with Gasteiger partial charge >= 0.3 is 0 Å². The SMILES string of the molecule is CCCC(=O)CC1(C)N=C(c2ccc(Cl)cc2)c2cc(OC)ccc2-n2c(C)nnc21. The summed E-state index contributed by atoms with van der Waals surface area (Å²) in [7, 11) is 1.64. The average Bonchev–Trinajstić information content (AvgIpc) is 3.10. The molecule has 1 aromatic heterocycles. The summed E-state index contributed by atoms with van der Waals surface area (Å²) in [5, 5.41) is 9.44. The van der Waals surface area contributed by atoms with Gasteiger partial charge in [0.2, 0.25) is 0 Å². The molecule has 0 spiro atoms. The lowest BCUT2D eigenvalue weighted by Crippen LogP contribution is -2.28. The second-order valence-corrected chi connectivity index (χ2v) is 8.43. The number of carbonyl (C=O) groups is 1. The van der Waals surface area contributed by atoms with E-state index in [1.54, 1.807) is 7.11 Å². The van der Waals surface area contributed by atoms with E-state index in [1.165, 1.54) is 0 Å². The van der Waals surface area contributed by atoms with Crippen molar-refractivity contribution in [3.63, 3.8) is 0 Å². The molecule has 3 aromatic rings. The zero-order chi connectivity index (χ0) is 22.2. The minimum atomic E-state index is -0.866. The van der Waals surface area contributed by atoms with Gasteiger partial charge in [-0.15, -0.1) is 10.2 Å². The normalized spacial score (nSPS) is 17.4. The molecule has 1 aliphatic heterocycles. The van der Waals surface area contributed by atoms with E-state index in [-0.39, 0.29) is 12.2 Å². The van der Waals surface area contributed by atoms with Crippen LogP contribution in [0.15, 0.2) is 47.5 Å². The van der Waals surface area contributed by atoms with E-state index in [0.29, 0.717) is 17.3 Å². The van der Waals surface area contributed by atoms with E-state index < -0.39 is 5.54 Å². The van der Waals surface area contributed by atoms with E-state index in [0.717, 1.165) is 40.5 Å². The van der Waals surface area contributed by atoms with Crippen LogP contribution >= 0.6 is 11.6 Å². The number of halogens is 1. The summed E-state index contributed by atoms with van der Waals surface area (Å²) in [6, 6.07) is 13.4. The van der Waals surface area contributed by atoms with E-state index in [1.807, 2.05) is 67.8 Å². The summed E-state index contributed by atoms with van der Waals surface area (Å²) in [6.45, 7) is 5.87. The largest absolute Gasteiger partial charge is 0.497 e. The molecule has 0 fully saturated rings. The standard InChI is InChI=1S/C24H25ClN4O2/c1-5-6-18(30)14-24(3)23-28-27-15(2)29(23)21-12-11-19(31-4)13-20(21)22(26-24)16-7-9-17(25)10-8-16/h7-13H,5-6,14H2,1-4H3. The molecule has 31 heavy (non-hydrogen) atoms. The maximum atomic E-state index is 12.7. The van der Waals surface area contributed by atoms with Crippen molar-refractivity contribution in [1.29, 1.82) is 0 Å². The van der Waals surface area contributed by atoms with Crippen LogP contribution in [-0.4, -0.2) is 33.4 Å². The van der Waals surface area contributed by atoms with Crippen molar-refractivity contribution in [3.8, 4) is 11.4 Å². The van der Waals surface area contributed by atoms with E-state index in [9.17, 15) is 4.79 Å². The van der Waals surface area contributed by atoms with Gasteiger partial charge in [-0.25, -0.2) is 0 Å². The highest BCUT2D eigenvalue weighted by Crippen LogP contribution is 2.38. The summed E-state index contributed by atoms with van der Waals surface area (Å²) >= 11 is 6.14. The van der Waals surface area contributed by atoms with Gasteiger partial charge in [-0.05, 0) is 50.6 Å². The number of carbonyl (C=O) groups excluding carboxylic acids is 1. The van der Waals surface area contributed by atoms with Gasteiger partial charge in [0.05, 0.1) is 18.5 Å². The summed E-state index contributed by atoms with van der Waals surface area (Å²) in [5.41, 5.74) is 2.59. The summed E-state index contributed by atoms with van der Waals surface area (Å²) in [6.07, 6.45) is 1.56. The zero-order valence-electron chi connectivity index (χ0n) is 18.1. The Balaban J connectivity index is 2.02. The third-order valence-corrected chi connectivity index (χ3v) is 5.80. The van der Waals surface area contributed by atoms with Gasteiger partial charge < -0.3 is 4.74 Å². The molecule has 4 rings (SSSR count). The van der Waals surface area contributed by atoms with Crippen molar-refractivity contribution in [2.45, 2.75) is 45.6 Å². The van der Waals surface area contributed by atoms with Crippen LogP contribution in [0.25, 0.3) is 5.69 Å². The Bertz CT molecular complexity index is 1170. The number of hydrogen-bond acceptors (Lipinski definition) is 5. The summed E-state index contributed by atoms with van der Waals surface area (Å²) in [5.74, 6) is 2.27. The summed E-state index contributed by atoms with van der Waals surface area (Å²) < 4.78 is 7.50. The Morgan fingerprint density at radius 3 is 2.58 bits per heavy atom. The van der Waals surface area contributed by atoms with Crippen LogP contribution in [0, 0.1) is 6.92 Å². The van der Waals surface area contributed by atoms with Crippen LogP contribution in [0.5, 0.6) is 5.75 Å². The number of ketones is 1. The van der Waals surface area contributed by atoms with Crippen LogP contribution in [0.3, 0.4) is 0 Å². The molecular weight excluding hydrogens is 412 g/mol. The fraction of sp³-hybridized carbons (Fsp3) is 0.333. The van der Waals surface area contributed by atoms with Crippen LogP contribution in [-0.2, 0) is 10.3 Å². The molecule has 160 valence electrons. The van der Waals surface area contributed by atoms with Gasteiger partial charge in [-0.1, -0.05) is 30.7 Å². The van der Waals surface area contributed by atoms with Crippen LogP contribution in [0.4, 0.5) is 0 Å². The Hall–Kier alpha value is -2.99. The maximum Gasteiger partial charge on any atom is 0.165 e. The lowest BCUT2D eigenvalue weighted by molar-refractivity contribution is -0.120. The Kier molecular flexibility index (Phi) is 5.67. The van der Waals surface area contributed by atoms with Crippen molar-refractivity contribution >= 4 is 23.1 Å². The molecule has 0 saturated heterocycles. The van der Waals surface area contributed by atoms with Gasteiger partial charge in [0.1, 0.15) is 22.9 Å². The Morgan fingerprint density at radius 2 is 1.90 bits per heavy atom. The number of benzene rings is 2. The van der Waals surface area contributed by atoms with Crippen LogP contribution in [0.1, 0.15) is 55.9 Å². The Labute approximate surface area is 186 Å². The topological polar surface area (TPSA) is 69.4 Å². The molecule has 0 saturated carbocycles. The molecule has 0 radical (unpaired) electrons. The number of methoxy groups -OCH3 is 1. The number of ether oxygens (including phenoxy) is 1. The van der Waals surface area contributed by atoms with Crippen molar-refractivity contribution in [1.82, 2.24) is 14.8 Å². The maximum absolute atomic E-state index is 12.7. The first-order valence-electron chi connectivity index (χ1n) is 10.3. The van der Waals surface area contributed by atoms with Crippen molar-refractivity contribution in [2.24, 2.45) is 4.99 Å². The monoisotopic (exact) mass is 436 g/mol. The smallest absolute Gasteiger partial charge is 0.165 e. The predicted octanol–water partition coefficient (Wildman–Crippen LogP) is 5.06. The van der Waals surface area contributed by atoms with Gasteiger partial charge in [-0.3, -0.25) is 14.4 Å². The third kappa shape index (κ3) is 3.88. The minimum absolute atomic E-state index is 0.153. The molecule has 0 bridgehead atoms. The van der Waals surface area contributed by atoms with Crippen molar-refractivity contribution < 1.29 is 9.53 Å². The fourth-order valence-corrected chi connectivity index (χ4v) is 4.21. The number of nitrogens with zero attached hydrogens (tertiary/aromatic N) is 4. The van der Waals surface area contributed by atoms with Gasteiger partial charge in [0.25, 0.3) is 0 Å². The fourth-order valence-electron chi connectivity index (χ4n) is 4.08. The number of fused-ring (bicyclic) bond motifs is 3. The number of aromatic nitrogens is 3. The highest BCUT2D eigenvalue weighted by Gasteiger charge is 2.39.